The van der Waals surface area contributed by atoms with Gasteiger partial charge in [-0.25, -0.2) is 0 Å². The lowest BCUT2D eigenvalue weighted by Gasteiger charge is -2.06. The summed E-state index contributed by atoms with van der Waals surface area (Å²) in [5, 5.41) is 0. The minimum absolute atomic E-state index is 0.0150. The van der Waals surface area contributed by atoms with Crippen molar-refractivity contribution in [1.29, 1.82) is 0 Å². The minimum atomic E-state index is -0.573. The average molecular weight is 221 g/mol. The molecule has 5 heteroatoms. The molecule has 0 aliphatic rings. The van der Waals surface area contributed by atoms with Crippen molar-refractivity contribution in [2.24, 2.45) is 0 Å². The van der Waals surface area contributed by atoms with Crippen LogP contribution in [0.15, 0.2) is 18.2 Å². The fraction of sp³-hybridized carbons (Fsp3) is 0.182. The zero-order valence-corrected chi connectivity index (χ0v) is 8.77. The van der Waals surface area contributed by atoms with Crippen LogP contribution in [0.4, 0.5) is 0 Å². The highest BCUT2D eigenvalue weighted by molar-refractivity contribution is 5.83. The number of benzene rings is 1. The van der Waals surface area contributed by atoms with Gasteiger partial charge in [0.1, 0.15) is 11.5 Å². The van der Waals surface area contributed by atoms with E-state index in [1.165, 1.54) is 32.0 Å². The van der Waals surface area contributed by atoms with Crippen molar-refractivity contribution >= 4 is 18.2 Å². The maximum absolute atomic E-state index is 10.8. The van der Waals surface area contributed by atoms with Gasteiger partial charge in [0.25, 0.3) is 0 Å². The van der Waals surface area contributed by atoms with Crippen LogP contribution >= 0.6 is 0 Å². The van der Waals surface area contributed by atoms with Gasteiger partial charge in [-0.15, -0.1) is 0 Å². The Balaban J connectivity index is 3.05. The van der Waals surface area contributed by atoms with Crippen LogP contribution in [0.2, 0.25) is 0 Å². The first kappa shape index (κ1) is 11.9. The smallest absolute Gasteiger partial charge is 0.308 e. The normalized spacial score (nSPS) is 9.38. The van der Waals surface area contributed by atoms with E-state index in [0.29, 0.717) is 0 Å². The molecule has 5 nitrogen and oxygen atoms in total. The topological polar surface area (TPSA) is 69.7 Å². The first-order valence-corrected chi connectivity index (χ1v) is 4.42. The SMILES string of the molecule is CC(=O)Oc1ccc([C]=O)c(OC(C)=O)c1. The van der Waals surface area contributed by atoms with Crippen LogP contribution in [0.25, 0.3) is 0 Å². The van der Waals surface area contributed by atoms with Crippen molar-refractivity contribution in [3.8, 4) is 11.5 Å². The van der Waals surface area contributed by atoms with Gasteiger partial charge in [0, 0.05) is 19.9 Å². The highest BCUT2D eigenvalue weighted by atomic mass is 16.5. The fourth-order valence-electron chi connectivity index (χ4n) is 1.06. The molecule has 1 aromatic carbocycles. The van der Waals surface area contributed by atoms with Crippen LogP contribution in [0.5, 0.6) is 11.5 Å². The average Bonchev–Trinajstić information content (AvgIpc) is 2.16. The maximum atomic E-state index is 10.8. The summed E-state index contributed by atoms with van der Waals surface area (Å²) in [4.78, 5) is 32.0. The van der Waals surface area contributed by atoms with Gasteiger partial charge in [-0.05, 0) is 12.1 Å². The lowest BCUT2D eigenvalue weighted by atomic mass is 10.2. The Hall–Kier alpha value is -2.17. The second-order valence-corrected chi connectivity index (χ2v) is 2.95. The number of carbonyl (C=O) groups is 2. The molecule has 16 heavy (non-hydrogen) atoms. The van der Waals surface area contributed by atoms with Gasteiger partial charge in [-0.2, -0.15) is 0 Å². The number of hydrogen-bond donors (Lipinski definition) is 0. The lowest BCUT2D eigenvalue weighted by Crippen LogP contribution is -2.06. The molecular formula is C11H9O5. The monoisotopic (exact) mass is 221 g/mol. The number of ether oxygens (including phenoxy) is 2. The van der Waals surface area contributed by atoms with Crippen molar-refractivity contribution in [2.75, 3.05) is 0 Å². The zero-order chi connectivity index (χ0) is 12.1. The van der Waals surface area contributed by atoms with E-state index in [1.54, 1.807) is 6.29 Å². The summed E-state index contributed by atoms with van der Waals surface area (Å²) >= 11 is 0. The molecule has 1 radical (unpaired) electrons. The molecular weight excluding hydrogens is 212 g/mol. The molecule has 0 heterocycles. The van der Waals surface area contributed by atoms with E-state index in [4.69, 9.17) is 9.47 Å². The van der Waals surface area contributed by atoms with E-state index >= 15 is 0 Å². The van der Waals surface area contributed by atoms with Crippen LogP contribution < -0.4 is 9.47 Å². The Morgan fingerprint density at radius 2 is 1.75 bits per heavy atom. The molecule has 0 fully saturated rings. The molecule has 0 atom stereocenters. The fourth-order valence-corrected chi connectivity index (χ4v) is 1.06. The molecule has 83 valence electrons. The van der Waals surface area contributed by atoms with E-state index < -0.39 is 11.9 Å². The van der Waals surface area contributed by atoms with Crippen molar-refractivity contribution in [2.45, 2.75) is 13.8 Å². The van der Waals surface area contributed by atoms with E-state index in [9.17, 15) is 14.4 Å². The Labute approximate surface area is 92.0 Å². The minimum Gasteiger partial charge on any atom is -0.427 e. The summed E-state index contributed by atoms with van der Waals surface area (Å²) in [5.74, 6) is -0.864. The molecule has 0 amide bonds. The third kappa shape index (κ3) is 3.20. The molecule has 0 unspecified atom stereocenters. The standard InChI is InChI=1S/C11H9O5/c1-7(13)15-10-4-3-9(6-12)11(5-10)16-8(2)14/h3-5H,1-2H3. The van der Waals surface area contributed by atoms with Crippen molar-refractivity contribution < 1.29 is 23.9 Å². The second-order valence-electron chi connectivity index (χ2n) is 2.95. The molecule has 0 saturated heterocycles. The Morgan fingerprint density at radius 1 is 1.12 bits per heavy atom. The molecule has 0 N–H and O–H groups in total. The van der Waals surface area contributed by atoms with Crippen LogP contribution in [-0.2, 0) is 14.4 Å². The predicted molar refractivity (Wildman–Crippen MR) is 53.9 cm³/mol. The number of carbonyl (C=O) groups excluding carboxylic acids is 3. The van der Waals surface area contributed by atoms with Gasteiger partial charge < -0.3 is 9.47 Å². The van der Waals surface area contributed by atoms with E-state index in [0.717, 1.165) is 0 Å². The van der Waals surface area contributed by atoms with E-state index in [2.05, 4.69) is 0 Å². The number of hydrogen-bond acceptors (Lipinski definition) is 5. The first-order chi connectivity index (χ1) is 7.52. The van der Waals surface area contributed by atoms with Gasteiger partial charge in [0.15, 0.2) is 0 Å². The number of rotatable bonds is 3. The summed E-state index contributed by atoms with van der Waals surface area (Å²) in [6, 6.07) is 4.04. The summed E-state index contributed by atoms with van der Waals surface area (Å²) in [6.07, 6.45) is 1.61. The van der Waals surface area contributed by atoms with Crippen molar-refractivity contribution in [1.82, 2.24) is 0 Å². The Kier molecular flexibility index (Phi) is 3.77. The maximum Gasteiger partial charge on any atom is 0.308 e. The van der Waals surface area contributed by atoms with Gasteiger partial charge in [0.2, 0.25) is 6.29 Å². The molecule has 0 bridgehead atoms. The predicted octanol–water partition coefficient (Wildman–Crippen LogP) is 0.995. The quantitative estimate of drug-likeness (QED) is 0.562. The summed E-state index contributed by atoms with van der Waals surface area (Å²) in [6.45, 7) is 2.44. The molecule has 0 saturated carbocycles. The van der Waals surface area contributed by atoms with Crippen LogP contribution in [0, 0.1) is 0 Å². The Morgan fingerprint density at radius 3 is 2.25 bits per heavy atom. The highest BCUT2D eigenvalue weighted by Gasteiger charge is 2.09. The molecule has 0 spiro atoms. The highest BCUT2D eigenvalue weighted by Crippen LogP contribution is 2.23. The third-order valence-electron chi connectivity index (χ3n) is 1.58. The van der Waals surface area contributed by atoms with Crippen LogP contribution in [-0.4, -0.2) is 18.2 Å². The van der Waals surface area contributed by atoms with Crippen molar-refractivity contribution in [3.63, 3.8) is 0 Å². The largest absolute Gasteiger partial charge is 0.427 e. The lowest BCUT2D eigenvalue weighted by molar-refractivity contribution is -0.132. The van der Waals surface area contributed by atoms with Gasteiger partial charge >= 0.3 is 11.9 Å². The Bertz CT molecular complexity index is 436. The molecule has 0 aromatic heterocycles. The van der Waals surface area contributed by atoms with E-state index in [-0.39, 0.29) is 17.1 Å². The third-order valence-corrected chi connectivity index (χ3v) is 1.58. The van der Waals surface area contributed by atoms with Crippen LogP contribution in [0.3, 0.4) is 0 Å². The summed E-state index contributed by atoms with van der Waals surface area (Å²) in [5.41, 5.74) is 0.0890. The molecule has 0 aliphatic carbocycles. The van der Waals surface area contributed by atoms with Crippen LogP contribution in [0.1, 0.15) is 19.4 Å². The van der Waals surface area contributed by atoms with Crippen molar-refractivity contribution in [3.05, 3.63) is 23.8 Å². The summed E-state index contributed by atoms with van der Waals surface area (Å²) < 4.78 is 9.54. The van der Waals surface area contributed by atoms with Gasteiger partial charge in [0.05, 0.1) is 5.56 Å². The van der Waals surface area contributed by atoms with Gasteiger partial charge in [-0.1, -0.05) is 0 Å². The first-order valence-electron chi connectivity index (χ1n) is 4.42. The molecule has 1 aromatic rings. The second kappa shape index (κ2) is 5.06. The zero-order valence-electron chi connectivity index (χ0n) is 8.77. The van der Waals surface area contributed by atoms with Gasteiger partial charge in [-0.3, -0.25) is 14.4 Å². The number of esters is 2. The molecule has 0 aliphatic heterocycles. The summed E-state index contributed by atoms with van der Waals surface area (Å²) in [7, 11) is 0. The van der Waals surface area contributed by atoms with E-state index in [1.807, 2.05) is 0 Å². The molecule has 1 rings (SSSR count).